The maximum atomic E-state index is 10.1. The maximum Gasteiger partial charge on any atom is 0.166 e. The van der Waals surface area contributed by atoms with Crippen LogP contribution in [0.1, 0.15) is 64.2 Å². The molecule has 2 rings (SSSR count). The quantitative estimate of drug-likeness (QED) is 0.717. The van der Waals surface area contributed by atoms with Crippen LogP contribution in [0.25, 0.3) is 0 Å². The van der Waals surface area contributed by atoms with Crippen LogP contribution in [-0.4, -0.2) is 22.9 Å². The van der Waals surface area contributed by atoms with Gasteiger partial charge >= 0.3 is 0 Å². The van der Waals surface area contributed by atoms with Gasteiger partial charge in [0, 0.05) is 0 Å². The number of aliphatic imine (C=N–C) groups is 2. The number of rotatable bonds is 2. The fraction of sp³-hybridized carbons (Fsp3) is 0.923. The second-order valence-corrected chi connectivity index (χ2v) is 5.18. The molecule has 0 amide bonds. The molecule has 16 heavy (non-hydrogen) atoms. The van der Waals surface area contributed by atoms with E-state index in [0.29, 0.717) is 6.04 Å². The van der Waals surface area contributed by atoms with Gasteiger partial charge in [-0.05, 0) is 38.5 Å². The summed E-state index contributed by atoms with van der Waals surface area (Å²) < 4.78 is 0. The Morgan fingerprint density at radius 3 is 2.25 bits per heavy atom. The third kappa shape index (κ3) is 3.43. The van der Waals surface area contributed by atoms with Crippen LogP contribution < -0.4 is 0 Å². The van der Waals surface area contributed by atoms with Crippen LogP contribution in [-0.2, 0) is 0 Å². The molecule has 0 aliphatic heterocycles. The summed E-state index contributed by atoms with van der Waals surface area (Å²) in [5, 5.41) is 10.1. The van der Waals surface area contributed by atoms with Crippen molar-refractivity contribution in [1.82, 2.24) is 0 Å². The third-order valence-electron chi connectivity index (χ3n) is 3.73. The van der Waals surface area contributed by atoms with E-state index in [-0.39, 0.29) is 0 Å². The maximum absolute atomic E-state index is 10.1. The lowest BCUT2D eigenvalue weighted by molar-refractivity contribution is 0.0136. The van der Waals surface area contributed by atoms with Gasteiger partial charge in [-0.2, -0.15) is 4.99 Å². The number of hydrogen-bond acceptors (Lipinski definition) is 3. The van der Waals surface area contributed by atoms with Gasteiger partial charge in [-0.15, -0.1) is 0 Å². The highest BCUT2D eigenvalue weighted by molar-refractivity contribution is 5.42. The van der Waals surface area contributed by atoms with Crippen LogP contribution in [0.5, 0.6) is 0 Å². The van der Waals surface area contributed by atoms with E-state index in [9.17, 15) is 5.11 Å². The molecule has 90 valence electrons. The lowest BCUT2D eigenvalue weighted by Gasteiger charge is -2.26. The highest BCUT2D eigenvalue weighted by Gasteiger charge is 2.27. The van der Waals surface area contributed by atoms with Gasteiger partial charge in [-0.1, -0.05) is 25.7 Å². The molecular weight excluding hydrogens is 200 g/mol. The number of hydrogen-bond donors (Lipinski definition) is 1. The van der Waals surface area contributed by atoms with Gasteiger partial charge in [0.1, 0.15) is 0 Å². The third-order valence-corrected chi connectivity index (χ3v) is 3.73. The molecule has 3 nitrogen and oxygen atoms in total. The van der Waals surface area contributed by atoms with Gasteiger partial charge in [0.05, 0.1) is 12.1 Å². The van der Waals surface area contributed by atoms with Crippen molar-refractivity contribution in [3.63, 3.8) is 0 Å². The molecule has 0 aromatic rings. The van der Waals surface area contributed by atoms with Gasteiger partial charge in [-0.25, -0.2) is 4.99 Å². The first-order chi connectivity index (χ1) is 7.79. The molecule has 0 heterocycles. The monoisotopic (exact) mass is 222 g/mol. The van der Waals surface area contributed by atoms with Gasteiger partial charge in [0.2, 0.25) is 0 Å². The van der Waals surface area contributed by atoms with Crippen molar-refractivity contribution < 1.29 is 5.11 Å². The number of nitrogens with zero attached hydrogens (tertiary/aromatic N) is 2. The Kier molecular flexibility index (Phi) is 4.14. The first-order valence-corrected chi connectivity index (χ1v) is 6.68. The molecule has 0 aromatic carbocycles. The van der Waals surface area contributed by atoms with Crippen molar-refractivity contribution in [1.29, 1.82) is 0 Å². The highest BCUT2D eigenvalue weighted by atomic mass is 16.3. The van der Waals surface area contributed by atoms with Crippen LogP contribution in [0.4, 0.5) is 0 Å². The van der Waals surface area contributed by atoms with E-state index >= 15 is 0 Å². The Hall–Kier alpha value is -0.660. The summed E-state index contributed by atoms with van der Waals surface area (Å²) >= 11 is 0. The van der Waals surface area contributed by atoms with E-state index in [4.69, 9.17) is 0 Å². The first-order valence-electron chi connectivity index (χ1n) is 6.68. The van der Waals surface area contributed by atoms with E-state index in [0.717, 1.165) is 25.7 Å². The molecule has 3 heteroatoms. The van der Waals surface area contributed by atoms with Crippen molar-refractivity contribution in [2.45, 2.75) is 76.0 Å². The molecule has 0 unspecified atom stereocenters. The Bertz CT molecular complexity index is 270. The molecule has 2 fully saturated rings. The predicted molar refractivity (Wildman–Crippen MR) is 64.8 cm³/mol. The van der Waals surface area contributed by atoms with Crippen LogP contribution in [0.2, 0.25) is 0 Å². The smallest absolute Gasteiger partial charge is 0.166 e. The van der Waals surface area contributed by atoms with E-state index in [2.05, 4.69) is 16.0 Å². The van der Waals surface area contributed by atoms with Crippen molar-refractivity contribution in [3.05, 3.63) is 0 Å². The Morgan fingerprint density at radius 2 is 1.56 bits per heavy atom. The van der Waals surface area contributed by atoms with Crippen molar-refractivity contribution >= 4 is 6.01 Å². The molecule has 2 aliphatic carbocycles. The summed E-state index contributed by atoms with van der Waals surface area (Å²) in [6.07, 6.45) is 11.2. The summed E-state index contributed by atoms with van der Waals surface area (Å²) in [6.45, 7) is 0. The molecule has 0 bridgehead atoms. The van der Waals surface area contributed by atoms with Crippen molar-refractivity contribution in [2.24, 2.45) is 9.98 Å². The Morgan fingerprint density at radius 1 is 0.938 bits per heavy atom. The molecule has 2 aliphatic rings. The van der Waals surface area contributed by atoms with Crippen LogP contribution in [0.3, 0.4) is 0 Å². The minimum absolute atomic E-state index is 0.407. The average molecular weight is 222 g/mol. The lowest BCUT2D eigenvalue weighted by atomic mass is 9.92. The Balaban J connectivity index is 1.88. The Labute approximate surface area is 97.7 Å². The zero-order valence-corrected chi connectivity index (χ0v) is 9.99. The second kappa shape index (κ2) is 5.60. The summed E-state index contributed by atoms with van der Waals surface area (Å²) in [4.78, 5) is 8.49. The molecule has 0 spiro atoms. The normalized spacial score (nSPS) is 25.8. The first kappa shape index (κ1) is 11.8. The van der Waals surface area contributed by atoms with Gasteiger partial charge in [0.15, 0.2) is 5.72 Å². The standard InChI is InChI=1S/C13H22N2O/c16-13(9-5-2-6-10-13)15-11-14-12-7-3-1-4-8-12/h12,16H,1-10H2. The zero-order chi connectivity index (χ0) is 11.3. The molecule has 0 saturated heterocycles. The summed E-state index contributed by atoms with van der Waals surface area (Å²) in [6, 6.07) is 3.17. The van der Waals surface area contributed by atoms with Gasteiger partial charge in [0.25, 0.3) is 0 Å². The molecule has 1 N–H and O–H groups in total. The highest BCUT2D eigenvalue weighted by Crippen LogP contribution is 2.28. The lowest BCUT2D eigenvalue weighted by Crippen LogP contribution is -2.28. The van der Waals surface area contributed by atoms with Crippen molar-refractivity contribution in [2.75, 3.05) is 0 Å². The number of aliphatic hydroxyl groups is 1. The largest absolute Gasteiger partial charge is 0.368 e. The molecule has 2 saturated carbocycles. The van der Waals surface area contributed by atoms with E-state index < -0.39 is 5.72 Å². The average Bonchev–Trinajstić information content (AvgIpc) is 2.31. The SMILES string of the molecule is OC1(N=C=NC2CCCCC2)CCCCC1. The summed E-state index contributed by atoms with van der Waals surface area (Å²) in [5.74, 6) is 0. The molecular formula is C13H22N2O. The topological polar surface area (TPSA) is 45.0 Å². The minimum atomic E-state index is -0.851. The molecule has 0 aromatic heterocycles. The van der Waals surface area contributed by atoms with Crippen molar-refractivity contribution in [3.8, 4) is 0 Å². The molecule has 0 radical (unpaired) electrons. The molecule has 0 atom stereocenters. The second-order valence-electron chi connectivity index (χ2n) is 5.18. The van der Waals surface area contributed by atoms with E-state index in [1.807, 2.05) is 0 Å². The predicted octanol–water partition coefficient (Wildman–Crippen LogP) is 3.15. The fourth-order valence-electron chi connectivity index (χ4n) is 2.64. The van der Waals surface area contributed by atoms with Crippen LogP contribution >= 0.6 is 0 Å². The van der Waals surface area contributed by atoms with Gasteiger partial charge in [-0.3, -0.25) is 0 Å². The minimum Gasteiger partial charge on any atom is -0.368 e. The zero-order valence-electron chi connectivity index (χ0n) is 9.99. The van der Waals surface area contributed by atoms with E-state index in [1.165, 1.54) is 38.5 Å². The fourth-order valence-corrected chi connectivity index (χ4v) is 2.64. The van der Waals surface area contributed by atoms with Gasteiger partial charge < -0.3 is 5.11 Å². The summed E-state index contributed by atoms with van der Waals surface area (Å²) in [5.41, 5.74) is -0.851. The van der Waals surface area contributed by atoms with E-state index in [1.54, 1.807) is 0 Å². The van der Waals surface area contributed by atoms with Crippen LogP contribution in [0.15, 0.2) is 9.98 Å². The summed E-state index contributed by atoms with van der Waals surface area (Å²) in [7, 11) is 0. The van der Waals surface area contributed by atoms with Crippen LogP contribution in [0, 0.1) is 0 Å².